The van der Waals surface area contributed by atoms with Gasteiger partial charge in [-0.15, -0.1) is 0 Å². The molecule has 0 saturated carbocycles. The highest BCUT2D eigenvalue weighted by atomic mass is 16.4. The van der Waals surface area contributed by atoms with Gasteiger partial charge < -0.3 is 16.2 Å². The molecular weight excluding hydrogens is 270 g/mol. The van der Waals surface area contributed by atoms with Gasteiger partial charge in [-0.3, -0.25) is 14.6 Å². The Morgan fingerprint density at radius 3 is 2.62 bits per heavy atom. The number of rotatable bonds is 8. The second-order valence-electron chi connectivity index (χ2n) is 5.39. The maximum absolute atomic E-state index is 11.5. The molecule has 1 heterocycles. The average molecular weight is 293 g/mol. The number of nitrogens with zero attached hydrogens (tertiary/aromatic N) is 1. The van der Waals surface area contributed by atoms with Crippen molar-refractivity contribution >= 4 is 17.6 Å². The van der Waals surface area contributed by atoms with Crippen LogP contribution in [0.4, 0.5) is 5.69 Å². The number of nitrogens with one attached hydrogen (secondary N) is 1. The summed E-state index contributed by atoms with van der Waals surface area (Å²) in [5.74, 6) is -0.970. The fourth-order valence-corrected chi connectivity index (χ4v) is 2.25. The maximum atomic E-state index is 11.5. The Morgan fingerprint density at radius 1 is 1.38 bits per heavy atom. The first-order chi connectivity index (χ1) is 9.81. The van der Waals surface area contributed by atoms with Gasteiger partial charge in [-0.1, -0.05) is 6.92 Å². The fraction of sp³-hybridized carbons (Fsp3) is 0.533. The average Bonchev–Trinajstić information content (AvgIpc) is 2.34. The van der Waals surface area contributed by atoms with Crippen LogP contribution in [0.3, 0.4) is 0 Å². The van der Waals surface area contributed by atoms with Crippen LogP contribution in [0.5, 0.6) is 0 Å². The highest BCUT2D eigenvalue weighted by Crippen LogP contribution is 2.20. The third kappa shape index (κ3) is 5.41. The summed E-state index contributed by atoms with van der Waals surface area (Å²) in [6, 6.07) is 1.80. The van der Waals surface area contributed by atoms with Crippen molar-refractivity contribution in [2.24, 2.45) is 11.7 Å². The molecule has 1 rings (SSSR count). The molecule has 0 spiro atoms. The summed E-state index contributed by atoms with van der Waals surface area (Å²) in [7, 11) is 0. The zero-order valence-corrected chi connectivity index (χ0v) is 12.8. The van der Waals surface area contributed by atoms with E-state index in [0.29, 0.717) is 35.8 Å². The molecule has 1 aromatic heterocycles. The molecule has 116 valence electrons. The minimum Gasteiger partial charge on any atom is -0.481 e. The Labute approximate surface area is 124 Å². The lowest BCUT2D eigenvalue weighted by atomic mass is 10.0. The van der Waals surface area contributed by atoms with Crippen molar-refractivity contribution in [3.8, 4) is 0 Å². The van der Waals surface area contributed by atoms with Crippen LogP contribution in [-0.2, 0) is 4.79 Å². The van der Waals surface area contributed by atoms with Crippen molar-refractivity contribution in [2.45, 2.75) is 40.0 Å². The molecule has 21 heavy (non-hydrogen) atoms. The van der Waals surface area contributed by atoms with E-state index in [-0.39, 0.29) is 6.42 Å². The van der Waals surface area contributed by atoms with E-state index in [1.54, 1.807) is 13.0 Å². The van der Waals surface area contributed by atoms with Gasteiger partial charge in [0, 0.05) is 18.7 Å². The van der Waals surface area contributed by atoms with Crippen molar-refractivity contribution in [3.05, 3.63) is 23.0 Å². The van der Waals surface area contributed by atoms with Gasteiger partial charge in [-0.25, -0.2) is 0 Å². The Bertz CT molecular complexity index is 529. The van der Waals surface area contributed by atoms with Crippen LogP contribution in [0.15, 0.2) is 6.07 Å². The maximum Gasteiger partial charge on any atom is 0.303 e. The molecule has 1 aromatic rings. The summed E-state index contributed by atoms with van der Waals surface area (Å²) in [4.78, 5) is 26.3. The van der Waals surface area contributed by atoms with Crippen molar-refractivity contribution < 1.29 is 14.7 Å². The number of aryl methyl sites for hydroxylation is 2. The van der Waals surface area contributed by atoms with Gasteiger partial charge in [-0.2, -0.15) is 0 Å². The Kier molecular flexibility index (Phi) is 6.14. The predicted octanol–water partition coefficient (Wildman–Crippen LogP) is 2.10. The van der Waals surface area contributed by atoms with E-state index < -0.39 is 11.9 Å². The summed E-state index contributed by atoms with van der Waals surface area (Å²) in [5.41, 5.74) is 7.94. The standard InChI is InChI=1S/C15H23N3O3/c1-9(4-5-13(19)20)6-7-17-12-8-10(2)18-11(3)14(12)15(16)21/h8-9H,4-7H2,1-3H3,(H2,16,21)(H,17,18)(H,19,20). The van der Waals surface area contributed by atoms with Gasteiger partial charge in [0.25, 0.3) is 5.91 Å². The number of carbonyl (C=O) groups excluding carboxylic acids is 1. The number of aliphatic carboxylic acids is 1. The lowest BCUT2D eigenvalue weighted by molar-refractivity contribution is -0.137. The summed E-state index contributed by atoms with van der Waals surface area (Å²) in [6.45, 7) is 6.29. The molecular formula is C15H23N3O3. The summed E-state index contributed by atoms with van der Waals surface area (Å²) >= 11 is 0. The van der Waals surface area contributed by atoms with E-state index in [4.69, 9.17) is 10.8 Å². The van der Waals surface area contributed by atoms with Crippen LogP contribution < -0.4 is 11.1 Å². The molecule has 6 heteroatoms. The Hall–Kier alpha value is -2.11. The first kappa shape index (κ1) is 16.9. The van der Waals surface area contributed by atoms with Gasteiger partial charge in [0.2, 0.25) is 0 Å². The lowest BCUT2D eigenvalue weighted by Gasteiger charge is -2.15. The van der Waals surface area contributed by atoms with E-state index in [1.807, 2.05) is 13.8 Å². The second kappa shape index (κ2) is 7.61. The van der Waals surface area contributed by atoms with Crippen molar-refractivity contribution in [3.63, 3.8) is 0 Å². The molecule has 0 aliphatic rings. The molecule has 1 atom stereocenters. The first-order valence-corrected chi connectivity index (χ1v) is 7.05. The van der Waals surface area contributed by atoms with Crippen LogP contribution in [0.25, 0.3) is 0 Å². The van der Waals surface area contributed by atoms with Gasteiger partial charge in [0.15, 0.2) is 0 Å². The monoisotopic (exact) mass is 293 g/mol. The van der Waals surface area contributed by atoms with Crippen LogP contribution >= 0.6 is 0 Å². The number of anilines is 1. The second-order valence-corrected chi connectivity index (χ2v) is 5.39. The van der Waals surface area contributed by atoms with Crippen LogP contribution in [-0.4, -0.2) is 28.5 Å². The van der Waals surface area contributed by atoms with Gasteiger partial charge >= 0.3 is 5.97 Å². The van der Waals surface area contributed by atoms with Gasteiger partial charge in [-0.05, 0) is 38.7 Å². The predicted molar refractivity (Wildman–Crippen MR) is 81.4 cm³/mol. The summed E-state index contributed by atoms with van der Waals surface area (Å²) in [5, 5.41) is 11.9. The number of hydrogen-bond donors (Lipinski definition) is 3. The topological polar surface area (TPSA) is 105 Å². The molecule has 1 unspecified atom stereocenters. The van der Waals surface area contributed by atoms with E-state index >= 15 is 0 Å². The number of carboxylic acid groups (broad SMARTS) is 1. The molecule has 0 fully saturated rings. The van der Waals surface area contributed by atoms with Crippen LogP contribution in [0.2, 0.25) is 0 Å². The van der Waals surface area contributed by atoms with Gasteiger partial charge in [0.05, 0.1) is 16.9 Å². The van der Waals surface area contributed by atoms with Crippen molar-refractivity contribution in [1.82, 2.24) is 4.98 Å². The number of carbonyl (C=O) groups is 2. The quantitative estimate of drug-likeness (QED) is 0.680. The molecule has 0 aliphatic heterocycles. The smallest absolute Gasteiger partial charge is 0.303 e. The van der Waals surface area contributed by atoms with E-state index in [9.17, 15) is 9.59 Å². The largest absolute Gasteiger partial charge is 0.481 e. The molecule has 0 radical (unpaired) electrons. The van der Waals surface area contributed by atoms with E-state index in [0.717, 1.165) is 12.1 Å². The minimum atomic E-state index is -0.772. The third-order valence-electron chi connectivity index (χ3n) is 3.38. The number of aromatic nitrogens is 1. The molecule has 0 aromatic carbocycles. The number of amides is 1. The summed E-state index contributed by atoms with van der Waals surface area (Å²) in [6.07, 6.45) is 1.65. The normalized spacial score (nSPS) is 12.0. The molecule has 4 N–H and O–H groups in total. The van der Waals surface area contributed by atoms with Crippen LogP contribution in [0, 0.1) is 19.8 Å². The van der Waals surface area contributed by atoms with Crippen LogP contribution in [0.1, 0.15) is 47.9 Å². The SMILES string of the molecule is Cc1cc(NCCC(C)CCC(=O)O)c(C(N)=O)c(C)n1. The fourth-order valence-electron chi connectivity index (χ4n) is 2.25. The number of nitrogens with two attached hydrogens (primary N) is 1. The number of carboxylic acids is 1. The molecule has 0 bridgehead atoms. The Morgan fingerprint density at radius 2 is 2.05 bits per heavy atom. The number of pyridine rings is 1. The lowest BCUT2D eigenvalue weighted by Crippen LogP contribution is -2.18. The highest BCUT2D eigenvalue weighted by Gasteiger charge is 2.14. The molecule has 0 aliphatic carbocycles. The van der Waals surface area contributed by atoms with Gasteiger partial charge in [0.1, 0.15) is 0 Å². The number of hydrogen-bond acceptors (Lipinski definition) is 4. The molecule has 0 saturated heterocycles. The van der Waals surface area contributed by atoms with E-state index in [1.165, 1.54) is 0 Å². The third-order valence-corrected chi connectivity index (χ3v) is 3.38. The zero-order valence-electron chi connectivity index (χ0n) is 12.8. The zero-order chi connectivity index (χ0) is 16.0. The summed E-state index contributed by atoms with van der Waals surface area (Å²) < 4.78 is 0. The first-order valence-electron chi connectivity index (χ1n) is 7.05. The highest BCUT2D eigenvalue weighted by molar-refractivity contribution is 5.99. The molecule has 1 amide bonds. The molecule has 6 nitrogen and oxygen atoms in total. The van der Waals surface area contributed by atoms with E-state index in [2.05, 4.69) is 10.3 Å². The van der Waals surface area contributed by atoms with Crippen molar-refractivity contribution in [2.75, 3.05) is 11.9 Å². The minimum absolute atomic E-state index is 0.182. The Balaban J connectivity index is 2.63. The van der Waals surface area contributed by atoms with Crippen molar-refractivity contribution in [1.29, 1.82) is 0 Å². The number of primary amides is 1.